The number of hydrogen-bond donors (Lipinski definition) is 2. The molecule has 92 valence electrons. The van der Waals surface area contributed by atoms with E-state index in [1.165, 1.54) is 0 Å². The van der Waals surface area contributed by atoms with Gasteiger partial charge in [0.25, 0.3) is 6.02 Å². The number of aromatic nitrogens is 1. The van der Waals surface area contributed by atoms with E-state index in [0.717, 1.165) is 5.56 Å². The smallest absolute Gasteiger partial charge is 0.282 e. The first-order valence-corrected chi connectivity index (χ1v) is 5.33. The van der Waals surface area contributed by atoms with Crippen LogP contribution < -0.4 is 16.2 Å². The zero-order valence-electron chi connectivity index (χ0n) is 9.93. The first-order chi connectivity index (χ1) is 8.05. The van der Waals surface area contributed by atoms with Gasteiger partial charge in [0, 0.05) is 12.0 Å². The number of pyridine rings is 1. The summed E-state index contributed by atoms with van der Waals surface area (Å²) in [4.78, 5) is 8.47. The number of ether oxygens (including phenoxy) is 2. The summed E-state index contributed by atoms with van der Waals surface area (Å²) in [5.74, 6) is 0.514. The number of aliphatic imine (C=N–C) groups is 1. The predicted octanol–water partition coefficient (Wildman–Crippen LogP) is 0.623. The highest BCUT2D eigenvalue weighted by Gasteiger charge is 2.33. The van der Waals surface area contributed by atoms with Crippen LogP contribution in [0.4, 0.5) is 5.69 Å². The molecule has 1 aliphatic rings. The maximum atomic E-state index is 5.75. The van der Waals surface area contributed by atoms with Crippen molar-refractivity contribution in [2.45, 2.75) is 18.9 Å². The van der Waals surface area contributed by atoms with Crippen LogP contribution in [0.3, 0.4) is 0 Å². The van der Waals surface area contributed by atoms with Crippen molar-refractivity contribution in [3.05, 3.63) is 17.8 Å². The molecule has 0 radical (unpaired) electrons. The highest BCUT2D eigenvalue weighted by atomic mass is 16.5. The monoisotopic (exact) mass is 236 g/mol. The van der Waals surface area contributed by atoms with Crippen molar-refractivity contribution in [3.8, 4) is 5.88 Å². The fourth-order valence-electron chi connectivity index (χ4n) is 1.90. The highest BCUT2D eigenvalue weighted by molar-refractivity contribution is 5.73. The van der Waals surface area contributed by atoms with Crippen LogP contribution in [0, 0.1) is 0 Å². The summed E-state index contributed by atoms with van der Waals surface area (Å²) in [6, 6.07) is 2.00. The summed E-state index contributed by atoms with van der Waals surface area (Å²) in [7, 11) is 1.57. The van der Waals surface area contributed by atoms with Crippen molar-refractivity contribution in [1.29, 1.82) is 0 Å². The molecule has 1 atom stereocenters. The van der Waals surface area contributed by atoms with Gasteiger partial charge in [-0.05, 0) is 13.0 Å². The van der Waals surface area contributed by atoms with Gasteiger partial charge in [-0.15, -0.1) is 0 Å². The standard InChI is InChI=1S/C11H16N4O2/c1-11(3-4-17-10(13)15-11)8-5-7(12)6-14-9(8)16-2/h5-6H,3-4,12H2,1-2H3,(H2,13,15)/t11-/m0/s1. The molecule has 0 saturated carbocycles. The second kappa shape index (κ2) is 4.12. The average molecular weight is 236 g/mol. The Labute approximate surface area is 99.6 Å². The van der Waals surface area contributed by atoms with Crippen LogP contribution >= 0.6 is 0 Å². The molecule has 0 fully saturated rings. The first kappa shape index (κ1) is 11.5. The lowest BCUT2D eigenvalue weighted by molar-refractivity contribution is 0.214. The molecule has 0 bridgehead atoms. The summed E-state index contributed by atoms with van der Waals surface area (Å²) < 4.78 is 10.4. The fraction of sp³-hybridized carbons (Fsp3) is 0.455. The van der Waals surface area contributed by atoms with Crippen LogP contribution in [0.15, 0.2) is 17.3 Å². The molecular weight excluding hydrogens is 220 g/mol. The van der Waals surface area contributed by atoms with E-state index >= 15 is 0 Å². The summed E-state index contributed by atoms with van der Waals surface area (Å²) >= 11 is 0. The molecule has 0 unspecified atom stereocenters. The maximum Gasteiger partial charge on any atom is 0.282 e. The number of amidine groups is 1. The lowest BCUT2D eigenvalue weighted by Crippen LogP contribution is -2.34. The van der Waals surface area contributed by atoms with E-state index in [2.05, 4.69) is 9.98 Å². The van der Waals surface area contributed by atoms with Crippen molar-refractivity contribution >= 4 is 11.7 Å². The molecule has 0 aliphatic carbocycles. The zero-order valence-corrected chi connectivity index (χ0v) is 9.93. The van der Waals surface area contributed by atoms with E-state index in [1.54, 1.807) is 13.3 Å². The van der Waals surface area contributed by atoms with Crippen LogP contribution in [0.5, 0.6) is 5.88 Å². The van der Waals surface area contributed by atoms with E-state index < -0.39 is 5.54 Å². The molecule has 2 rings (SSSR count). The molecule has 1 aliphatic heterocycles. The van der Waals surface area contributed by atoms with Gasteiger partial charge in [-0.2, -0.15) is 0 Å². The predicted molar refractivity (Wildman–Crippen MR) is 64.7 cm³/mol. The van der Waals surface area contributed by atoms with Crippen LogP contribution in [0.1, 0.15) is 18.9 Å². The molecule has 0 spiro atoms. The van der Waals surface area contributed by atoms with Crippen molar-refractivity contribution in [1.82, 2.24) is 4.98 Å². The Morgan fingerprint density at radius 1 is 1.47 bits per heavy atom. The van der Waals surface area contributed by atoms with Crippen molar-refractivity contribution in [2.75, 3.05) is 19.5 Å². The number of rotatable bonds is 2. The van der Waals surface area contributed by atoms with Crippen LogP contribution in [0.2, 0.25) is 0 Å². The van der Waals surface area contributed by atoms with Gasteiger partial charge in [0.2, 0.25) is 5.88 Å². The molecule has 0 saturated heterocycles. The molecule has 1 aromatic rings. The third kappa shape index (κ3) is 2.11. The third-order valence-electron chi connectivity index (χ3n) is 2.84. The van der Waals surface area contributed by atoms with Gasteiger partial charge in [0.05, 0.1) is 31.1 Å². The van der Waals surface area contributed by atoms with E-state index in [4.69, 9.17) is 20.9 Å². The molecule has 0 aromatic carbocycles. The van der Waals surface area contributed by atoms with Crippen LogP contribution in [0.25, 0.3) is 0 Å². The molecule has 6 heteroatoms. The zero-order chi connectivity index (χ0) is 12.5. The van der Waals surface area contributed by atoms with Crippen molar-refractivity contribution in [3.63, 3.8) is 0 Å². The lowest BCUT2D eigenvalue weighted by Gasteiger charge is -2.30. The van der Waals surface area contributed by atoms with Gasteiger partial charge in [0.15, 0.2) is 0 Å². The van der Waals surface area contributed by atoms with Gasteiger partial charge in [-0.3, -0.25) is 0 Å². The minimum Gasteiger partial charge on any atom is -0.481 e. The summed E-state index contributed by atoms with van der Waals surface area (Å²) in [6.45, 7) is 2.48. The molecule has 0 amide bonds. The molecule has 17 heavy (non-hydrogen) atoms. The SMILES string of the molecule is COc1ncc(N)cc1[C@]1(C)CCOC(N)=N1. The largest absolute Gasteiger partial charge is 0.481 e. The van der Waals surface area contributed by atoms with E-state index in [-0.39, 0.29) is 6.02 Å². The topological polar surface area (TPSA) is 95.8 Å². The second-order valence-electron chi connectivity index (χ2n) is 4.15. The quantitative estimate of drug-likeness (QED) is 0.784. The van der Waals surface area contributed by atoms with E-state index in [1.807, 2.05) is 13.0 Å². The molecule has 1 aromatic heterocycles. The van der Waals surface area contributed by atoms with E-state index in [0.29, 0.717) is 24.6 Å². The Kier molecular flexibility index (Phi) is 2.79. The van der Waals surface area contributed by atoms with Gasteiger partial charge < -0.3 is 20.9 Å². The second-order valence-corrected chi connectivity index (χ2v) is 4.15. The highest BCUT2D eigenvalue weighted by Crippen LogP contribution is 2.37. The Morgan fingerprint density at radius 3 is 2.88 bits per heavy atom. The summed E-state index contributed by atoms with van der Waals surface area (Å²) in [6.07, 6.45) is 2.26. The first-order valence-electron chi connectivity index (χ1n) is 5.33. The van der Waals surface area contributed by atoms with Crippen molar-refractivity contribution in [2.24, 2.45) is 10.7 Å². The maximum absolute atomic E-state index is 5.75. The molecule has 6 nitrogen and oxygen atoms in total. The summed E-state index contributed by atoms with van der Waals surface area (Å²) in [5.41, 5.74) is 12.3. The fourth-order valence-corrected chi connectivity index (χ4v) is 1.90. The van der Waals surface area contributed by atoms with Crippen LogP contribution in [-0.4, -0.2) is 24.7 Å². The average Bonchev–Trinajstić information content (AvgIpc) is 2.28. The number of nitrogens with two attached hydrogens (primary N) is 2. The Hall–Kier alpha value is -1.98. The minimum absolute atomic E-state index is 0.184. The molecular formula is C11H16N4O2. The number of nitrogen functional groups attached to an aromatic ring is 1. The van der Waals surface area contributed by atoms with E-state index in [9.17, 15) is 0 Å². The van der Waals surface area contributed by atoms with Crippen LogP contribution in [-0.2, 0) is 10.3 Å². The normalized spacial score (nSPS) is 23.8. The Bertz CT molecular complexity index is 461. The number of anilines is 1. The minimum atomic E-state index is -0.504. The van der Waals surface area contributed by atoms with Gasteiger partial charge in [-0.25, -0.2) is 9.98 Å². The number of methoxy groups -OCH3 is 1. The lowest BCUT2D eigenvalue weighted by atomic mass is 9.89. The Morgan fingerprint density at radius 2 is 2.24 bits per heavy atom. The molecule has 2 heterocycles. The third-order valence-corrected chi connectivity index (χ3v) is 2.84. The van der Waals surface area contributed by atoms with Gasteiger partial charge in [-0.1, -0.05) is 0 Å². The summed E-state index contributed by atoms with van der Waals surface area (Å²) in [5, 5.41) is 0. The Balaban J connectivity index is 2.51. The molecule has 4 N–H and O–H groups in total. The van der Waals surface area contributed by atoms with Gasteiger partial charge >= 0.3 is 0 Å². The number of nitrogens with zero attached hydrogens (tertiary/aromatic N) is 2. The van der Waals surface area contributed by atoms with Gasteiger partial charge in [0.1, 0.15) is 0 Å². The van der Waals surface area contributed by atoms with Crippen molar-refractivity contribution < 1.29 is 9.47 Å². The number of hydrogen-bond acceptors (Lipinski definition) is 6.